The van der Waals surface area contributed by atoms with Crippen molar-refractivity contribution in [3.8, 4) is 22.3 Å². The number of thiophene rings is 1. The van der Waals surface area contributed by atoms with Crippen LogP contribution in [0.3, 0.4) is 0 Å². The molecule has 0 unspecified atom stereocenters. The molecule has 0 fully saturated rings. The van der Waals surface area contributed by atoms with Crippen LogP contribution < -0.4 is 0 Å². The summed E-state index contributed by atoms with van der Waals surface area (Å²) >= 11 is 1.84. The highest BCUT2D eigenvalue weighted by molar-refractivity contribution is 7.26. The van der Waals surface area contributed by atoms with Crippen molar-refractivity contribution in [3.05, 3.63) is 115 Å². The fraction of sp³-hybridized carbons (Fsp3) is 0. The predicted octanol–water partition coefficient (Wildman–Crippen LogP) is 9.09. The summed E-state index contributed by atoms with van der Waals surface area (Å²) in [5, 5.41) is 4.98. The number of nitrogens with zero attached hydrogens (tertiary/aromatic N) is 1. The second-order valence-corrected chi connectivity index (χ2v) is 9.47. The summed E-state index contributed by atoms with van der Waals surface area (Å²) in [5.74, 6) is 0. The lowest BCUT2D eigenvalue weighted by Crippen LogP contribution is -1.87. The van der Waals surface area contributed by atoms with Gasteiger partial charge in [-0.1, -0.05) is 97.1 Å². The highest BCUT2D eigenvalue weighted by Gasteiger charge is 2.16. The Kier molecular flexibility index (Phi) is 4.08. The maximum atomic E-state index is 5.06. The van der Waals surface area contributed by atoms with Gasteiger partial charge in [-0.15, -0.1) is 11.3 Å². The number of rotatable bonds is 2. The third-order valence-electron chi connectivity index (χ3n) is 6.46. The predicted molar refractivity (Wildman–Crippen MR) is 143 cm³/mol. The van der Waals surface area contributed by atoms with Crippen LogP contribution in [0.5, 0.6) is 0 Å². The Labute approximate surface area is 195 Å². The van der Waals surface area contributed by atoms with Gasteiger partial charge in [-0.25, -0.2) is 4.98 Å². The molecule has 0 atom stereocenters. The van der Waals surface area contributed by atoms with E-state index in [2.05, 4.69) is 115 Å². The van der Waals surface area contributed by atoms with E-state index < -0.39 is 0 Å². The van der Waals surface area contributed by atoms with Crippen LogP contribution in [-0.2, 0) is 0 Å². The number of fused-ring (bicyclic) bond motifs is 5. The van der Waals surface area contributed by atoms with Gasteiger partial charge >= 0.3 is 0 Å². The smallest absolute Gasteiger partial charge is 0.0902 e. The van der Waals surface area contributed by atoms with E-state index in [4.69, 9.17) is 4.98 Å². The van der Waals surface area contributed by atoms with Crippen LogP contribution >= 0.6 is 11.3 Å². The summed E-state index contributed by atoms with van der Waals surface area (Å²) in [5.41, 5.74) is 7.13. The Bertz CT molecular complexity index is 1810. The molecule has 7 aromatic rings. The lowest BCUT2D eigenvalue weighted by molar-refractivity contribution is 1.52. The third kappa shape index (κ3) is 2.95. The van der Waals surface area contributed by atoms with E-state index >= 15 is 0 Å². The van der Waals surface area contributed by atoms with Gasteiger partial charge in [0.1, 0.15) is 0 Å². The Balaban J connectivity index is 1.44. The summed E-state index contributed by atoms with van der Waals surface area (Å²) in [6, 6.07) is 41.3. The number of para-hydroxylation sites is 1. The molecule has 0 aliphatic rings. The van der Waals surface area contributed by atoms with Gasteiger partial charge in [0.15, 0.2) is 0 Å². The zero-order chi connectivity index (χ0) is 21.8. The average Bonchev–Trinajstić information content (AvgIpc) is 3.25. The van der Waals surface area contributed by atoms with E-state index in [1.807, 2.05) is 11.3 Å². The molecular formula is C31H19NS. The Morgan fingerprint density at radius 2 is 1.18 bits per heavy atom. The van der Waals surface area contributed by atoms with Crippen molar-refractivity contribution < 1.29 is 0 Å². The number of hydrogen-bond acceptors (Lipinski definition) is 2. The SMILES string of the molecule is c1ccc2cc(-c3ccc(-c4c5ccccc5nc5c4sc4ccccc45)cc3)ccc2c1. The van der Waals surface area contributed by atoms with Crippen LogP contribution in [0.1, 0.15) is 0 Å². The first-order chi connectivity index (χ1) is 16.3. The fourth-order valence-electron chi connectivity index (χ4n) is 4.82. The van der Waals surface area contributed by atoms with Crippen molar-refractivity contribution in [2.24, 2.45) is 0 Å². The van der Waals surface area contributed by atoms with Crippen molar-refractivity contribution in [2.75, 3.05) is 0 Å². The van der Waals surface area contributed by atoms with E-state index in [0.29, 0.717) is 0 Å². The third-order valence-corrected chi connectivity index (χ3v) is 7.64. The topological polar surface area (TPSA) is 12.9 Å². The van der Waals surface area contributed by atoms with Gasteiger partial charge in [0, 0.05) is 21.0 Å². The van der Waals surface area contributed by atoms with E-state index in [9.17, 15) is 0 Å². The van der Waals surface area contributed by atoms with Crippen LogP contribution in [0.15, 0.2) is 115 Å². The molecular weight excluding hydrogens is 418 g/mol. The number of hydrogen-bond donors (Lipinski definition) is 0. The molecule has 1 nitrogen and oxygen atoms in total. The fourth-order valence-corrected chi connectivity index (χ4v) is 6.05. The van der Waals surface area contributed by atoms with Crippen LogP contribution in [0.25, 0.3) is 64.2 Å². The van der Waals surface area contributed by atoms with Gasteiger partial charge in [0.2, 0.25) is 0 Å². The van der Waals surface area contributed by atoms with Crippen LogP contribution in [-0.4, -0.2) is 4.98 Å². The summed E-state index contributed by atoms with van der Waals surface area (Å²) in [4.78, 5) is 5.06. The molecule has 2 aromatic heterocycles. The lowest BCUT2D eigenvalue weighted by Gasteiger charge is -2.10. The van der Waals surface area contributed by atoms with Gasteiger partial charge in [-0.3, -0.25) is 0 Å². The molecule has 154 valence electrons. The van der Waals surface area contributed by atoms with Gasteiger partial charge in [0.05, 0.1) is 15.7 Å². The minimum atomic E-state index is 1.04. The first kappa shape index (κ1) is 18.6. The molecule has 0 N–H and O–H groups in total. The zero-order valence-electron chi connectivity index (χ0n) is 17.8. The van der Waals surface area contributed by atoms with E-state index in [1.165, 1.54) is 53.2 Å². The Morgan fingerprint density at radius 3 is 2.06 bits per heavy atom. The average molecular weight is 438 g/mol. The van der Waals surface area contributed by atoms with Crippen LogP contribution in [0.2, 0.25) is 0 Å². The second-order valence-electron chi connectivity index (χ2n) is 8.42. The van der Waals surface area contributed by atoms with Gasteiger partial charge < -0.3 is 0 Å². The number of pyridine rings is 1. The van der Waals surface area contributed by atoms with Gasteiger partial charge in [-0.05, 0) is 45.7 Å². The highest BCUT2D eigenvalue weighted by Crippen LogP contribution is 2.42. The van der Waals surface area contributed by atoms with Crippen LogP contribution in [0.4, 0.5) is 0 Å². The molecule has 5 aromatic carbocycles. The number of benzene rings is 5. The van der Waals surface area contributed by atoms with E-state index in [-0.39, 0.29) is 0 Å². The molecule has 0 saturated carbocycles. The summed E-state index contributed by atoms with van der Waals surface area (Å²) in [7, 11) is 0. The summed E-state index contributed by atoms with van der Waals surface area (Å²) < 4.78 is 2.54. The molecule has 33 heavy (non-hydrogen) atoms. The molecule has 0 spiro atoms. The first-order valence-corrected chi connectivity index (χ1v) is 12.0. The highest BCUT2D eigenvalue weighted by atomic mass is 32.1. The zero-order valence-corrected chi connectivity index (χ0v) is 18.6. The largest absolute Gasteiger partial charge is 0.246 e. The summed E-state index contributed by atoms with van der Waals surface area (Å²) in [6.07, 6.45) is 0. The lowest BCUT2D eigenvalue weighted by atomic mass is 9.96. The number of aromatic nitrogens is 1. The second kappa shape index (κ2) is 7.26. The van der Waals surface area contributed by atoms with Crippen molar-refractivity contribution in [1.82, 2.24) is 4.98 Å². The summed E-state index contributed by atoms with van der Waals surface area (Å²) in [6.45, 7) is 0. The molecule has 7 rings (SSSR count). The van der Waals surface area contributed by atoms with Crippen molar-refractivity contribution in [3.63, 3.8) is 0 Å². The Hall–Kier alpha value is -4.01. The van der Waals surface area contributed by atoms with Crippen molar-refractivity contribution >= 4 is 53.3 Å². The maximum absolute atomic E-state index is 5.06. The molecule has 0 bridgehead atoms. The van der Waals surface area contributed by atoms with Gasteiger partial charge in [0.25, 0.3) is 0 Å². The molecule has 0 radical (unpaired) electrons. The van der Waals surface area contributed by atoms with E-state index in [1.54, 1.807) is 0 Å². The molecule has 2 heterocycles. The Morgan fingerprint density at radius 1 is 0.515 bits per heavy atom. The minimum absolute atomic E-state index is 1.04. The van der Waals surface area contributed by atoms with Crippen molar-refractivity contribution in [1.29, 1.82) is 0 Å². The maximum Gasteiger partial charge on any atom is 0.0902 e. The minimum Gasteiger partial charge on any atom is -0.246 e. The normalized spacial score (nSPS) is 11.6. The monoisotopic (exact) mass is 437 g/mol. The molecule has 2 heteroatoms. The quantitative estimate of drug-likeness (QED) is 0.263. The first-order valence-electron chi connectivity index (χ1n) is 11.1. The van der Waals surface area contributed by atoms with Crippen LogP contribution in [0, 0.1) is 0 Å². The molecule has 0 saturated heterocycles. The molecule has 0 aliphatic carbocycles. The molecule has 0 aliphatic heterocycles. The molecule has 0 amide bonds. The van der Waals surface area contributed by atoms with Crippen molar-refractivity contribution in [2.45, 2.75) is 0 Å². The van der Waals surface area contributed by atoms with E-state index in [0.717, 1.165) is 11.0 Å². The standard InChI is InChI=1S/C31H19NS/c1-2-8-23-19-24(18-15-20(23)7-1)21-13-16-22(17-14-21)29-25-9-3-5-11-27(25)32-30-26-10-4-6-12-28(26)33-31(29)30/h1-19H. The van der Waals surface area contributed by atoms with Gasteiger partial charge in [-0.2, -0.15) is 0 Å².